The minimum Gasteiger partial charge on any atom is -0.325 e. The molecule has 2 aromatic rings. The van der Waals surface area contributed by atoms with Gasteiger partial charge in [0.1, 0.15) is 11.6 Å². The Balaban J connectivity index is 2.16. The fourth-order valence-corrected chi connectivity index (χ4v) is 3.43. The lowest BCUT2D eigenvalue weighted by Crippen LogP contribution is -2.38. The van der Waals surface area contributed by atoms with E-state index in [0.717, 1.165) is 11.3 Å². The van der Waals surface area contributed by atoms with Gasteiger partial charge in [-0.25, -0.2) is 4.39 Å². The maximum Gasteiger partial charge on any atom is 0.235 e. The van der Waals surface area contributed by atoms with Gasteiger partial charge in [0.05, 0.1) is 5.41 Å². The van der Waals surface area contributed by atoms with E-state index in [9.17, 15) is 14.0 Å². The molecule has 3 rings (SSSR count). The van der Waals surface area contributed by atoms with Crippen molar-refractivity contribution in [1.29, 1.82) is 0 Å². The van der Waals surface area contributed by atoms with Crippen molar-refractivity contribution in [3.8, 4) is 0 Å². The Hall–Kier alpha value is -2.49. The third kappa shape index (κ3) is 2.54. The van der Waals surface area contributed by atoms with Gasteiger partial charge in [-0.05, 0) is 43.2 Å². The van der Waals surface area contributed by atoms with Crippen LogP contribution >= 0.6 is 0 Å². The van der Waals surface area contributed by atoms with Gasteiger partial charge < -0.3 is 10.1 Å². The second-order valence-electron chi connectivity index (χ2n) is 6.22. The van der Waals surface area contributed by atoms with Gasteiger partial charge in [-0.15, -0.1) is 0 Å². The van der Waals surface area contributed by atoms with Crippen molar-refractivity contribution >= 4 is 17.4 Å². The Bertz CT molecular complexity index is 786. The van der Waals surface area contributed by atoms with Gasteiger partial charge in [0.2, 0.25) is 5.91 Å². The highest BCUT2D eigenvalue weighted by Gasteiger charge is 2.49. The van der Waals surface area contributed by atoms with Crippen LogP contribution in [0.4, 0.5) is 10.1 Å². The van der Waals surface area contributed by atoms with Gasteiger partial charge in [0, 0.05) is 18.0 Å². The van der Waals surface area contributed by atoms with Crippen LogP contribution in [0.25, 0.3) is 0 Å². The van der Waals surface area contributed by atoms with E-state index in [1.807, 2.05) is 31.2 Å². The number of para-hydroxylation sites is 1. The molecule has 1 aliphatic heterocycles. The van der Waals surface area contributed by atoms with Gasteiger partial charge in [-0.3, -0.25) is 4.79 Å². The summed E-state index contributed by atoms with van der Waals surface area (Å²) < 4.78 is 13.7. The third-order valence-electron chi connectivity index (χ3n) is 4.65. The number of halogens is 1. The monoisotopic (exact) mass is 311 g/mol. The number of anilines is 1. The lowest BCUT2D eigenvalue weighted by atomic mass is 9.68. The molecule has 23 heavy (non-hydrogen) atoms. The summed E-state index contributed by atoms with van der Waals surface area (Å²) in [5.74, 6) is -0.974. The first kappa shape index (κ1) is 15.4. The van der Waals surface area contributed by atoms with Crippen molar-refractivity contribution < 1.29 is 14.0 Å². The summed E-state index contributed by atoms with van der Waals surface area (Å²) >= 11 is 0. The number of rotatable bonds is 4. The van der Waals surface area contributed by atoms with Crippen molar-refractivity contribution in [2.24, 2.45) is 0 Å². The van der Waals surface area contributed by atoms with E-state index < -0.39 is 11.3 Å². The normalized spacial score (nSPS) is 20.7. The summed E-state index contributed by atoms with van der Waals surface area (Å²) in [6.07, 6.45) is 0.182. The van der Waals surface area contributed by atoms with E-state index >= 15 is 0 Å². The predicted octanol–water partition coefficient (Wildman–Crippen LogP) is 3.80. The molecule has 2 atom stereocenters. The number of carbonyl (C=O) groups is 2. The zero-order valence-corrected chi connectivity index (χ0v) is 13.1. The van der Waals surface area contributed by atoms with Crippen LogP contribution in [-0.4, -0.2) is 11.7 Å². The van der Waals surface area contributed by atoms with E-state index in [0.29, 0.717) is 5.56 Å². The number of ketones is 1. The van der Waals surface area contributed by atoms with Gasteiger partial charge in [0.15, 0.2) is 0 Å². The van der Waals surface area contributed by atoms with E-state index in [1.54, 1.807) is 12.1 Å². The fraction of sp³-hybridized carbons (Fsp3) is 0.263. The molecular formula is C19H18FNO2. The van der Waals surface area contributed by atoms with Gasteiger partial charge in [-0.2, -0.15) is 0 Å². The van der Waals surface area contributed by atoms with E-state index in [2.05, 4.69) is 5.32 Å². The van der Waals surface area contributed by atoms with Crippen LogP contribution in [0, 0.1) is 5.82 Å². The Morgan fingerprint density at radius 2 is 1.96 bits per heavy atom. The second-order valence-corrected chi connectivity index (χ2v) is 6.22. The van der Waals surface area contributed by atoms with Crippen molar-refractivity contribution in [1.82, 2.24) is 0 Å². The summed E-state index contributed by atoms with van der Waals surface area (Å²) in [5, 5.41) is 2.88. The van der Waals surface area contributed by atoms with Crippen molar-refractivity contribution in [3.05, 3.63) is 65.5 Å². The van der Waals surface area contributed by atoms with E-state index in [4.69, 9.17) is 0 Å². The van der Waals surface area contributed by atoms with Crippen molar-refractivity contribution in [3.63, 3.8) is 0 Å². The summed E-state index contributed by atoms with van der Waals surface area (Å²) in [4.78, 5) is 24.5. The number of amides is 1. The van der Waals surface area contributed by atoms with Crippen LogP contribution in [0.3, 0.4) is 0 Å². The largest absolute Gasteiger partial charge is 0.325 e. The predicted molar refractivity (Wildman–Crippen MR) is 86.9 cm³/mol. The first-order chi connectivity index (χ1) is 10.9. The molecule has 3 nitrogen and oxygen atoms in total. The zero-order chi connectivity index (χ0) is 16.6. The average Bonchev–Trinajstić information content (AvgIpc) is 2.77. The highest BCUT2D eigenvalue weighted by Crippen LogP contribution is 2.48. The molecule has 0 spiro atoms. The van der Waals surface area contributed by atoms with Crippen molar-refractivity contribution in [2.75, 3.05) is 5.32 Å². The summed E-state index contributed by atoms with van der Waals surface area (Å²) in [6, 6.07) is 13.6. The number of Topliss-reactive ketones (excluding diaryl/α,β-unsaturated/α-hetero) is 1. The molecule has 0 aliphatic carbocycles. The third-order valence-corrected chi connectivity index (χ3v) is 4.65. The first-order valence-corrected chi connectivity index (χ1v) is 7.59. The minimum absolute atomic E-state index is 0.0299. The molecule has 0 bridgehead atoms. The fourth-order valence-electron chi connectivity index (χ4n) is 3.43. The highest BCUT2D eigenvalue weighted by atomic mass is 19.1. The Labute approximate surface area is 134 Å². The summed E-state index contributed by atoms with van der Waals surface area (Å²) in [7, 11) is 0. The zero-order valence-electron chi connectivity index (χ0n) is 13.1. The molecule has 1 amide bonds. The van der Waals surface area contributed by atoms with Crippen LogP contribution in [0.2, 0.25) is 0 Å². The van der Waals surface area contributed by atoms with E-state index in [1.165, 1.54) is 19.1 Å². The van der Waals surface area contributed by atoms with Crippen LogP contribution in [0.15, 0.2) is 48.5 Å². The summed E-state index contributed by atoms with van der Waals surface area (Å²) in [5.41, 5.74) is 1.36. The maximum absolute atomic E-state index is 13.7. The number of nitrogens with one attached hydrogen (secondary N) is 1. The Morgan fingerprint density at radius 1 is 1.22 bits per heavy atom. The second kappa shape index (κ2) is 5.61. The molecule has 1 heterocycles. The number of fused-ring (bicyclic) bond motifs is 1. The smallest absolute Gasteiger partial charge is 0.235 e. The quantitative estimate of drug-likeness (QED) is 0.933. The van der Waals surface area contributed by atoms with Gasteiger partial charge >= 0.3 is 0 Å². The SMILES string of the molecule is CC(=O)C[C@H](c1cccc(F)c1)[C@@]1(C)C(=O)Nc2ccccc21. The number of hydrogen-bond donors (Lipinski definition) is 1. The van der Waals surface area contributed by atoms with Crippen LogP contribution in [-0.2, 0) is 15.0 Å². The average molecular weight is 311 g/mol. The molecule has 2 aromatic carbocycles. The lowest BCUT2D eigenvalue weighted by Gasteiger charge is -2.32. The first-order valence-electron chi connectivity index (χ1n) is 7.59. The van der Waals surface area contributed by atoms with Crippen LogP contribution < -0.4 is 5.32 Å². The maximum atomic E-state index is 13.7. The molecular weight excluding hydrogens is 293 g/mol. The molecule has 4 heteroatoms. The van der Waals surface area contributed by atoms with Crippen molar-refractivity contribution in [2.45, 2.75) is 31.6 Å². The number of benzene rings is 2. The van der Waals surface area contributed by atoms with Crippen LogP contribution in [0.1, 0.15) is 37.3 Å². The van der Waals surface area contributed by atoms with Gasteiger partial charge in [0.25, 0.3) is 0 Å². The molecule has 1 aliphatic rings. The summed E-state index contributed by atoms with van der Waals surface area (Å²) in [6.45, 7) is 3.32. The number of hydrogen-bond acceptors (Lipinski definition) is 2. The standard InChI is InChI=1S/C19H18FNO2/c1-12(22)10-16(13-6-5-7-14(20)11-13)19(2)15-8-3-4-9-17(15)21-18(19)23/h3-9,11,16H,10H2,1-2H3,(H,21,23)/t16-,19+/m1/s1. The molecule has 0 saturated heterocycles. The molecule has 118 valence electrons. The number of carbonyl (C=O) groups excluding carboxylic acids is 2. The molecule has 0 unspecified atom stereocenters. The lowest BCUT2D eigenvalue weighted by molar-refractivity contribution is -0.122. The van der Waals surface area contributed by atoms with Crippen LogP contribution in [0.5, 0.6) is 0 Å². The highest BCUT2D eigenvalue weighted by molar-refractivity contribution is 6.07. The van der Waals surface area contributed by atoms with E-state index in [-0.39, 0.29) is 23.9 Å². The Morgan fingerprint density at radius 3 is 2.65 bits per heavy atom. The topological polar surface area (TPSA) is 46.2 Å². The molecule has 0 saturated carbocycles. The molecule has 0 aromatic heterocycles. The molecule has 0 fully saturated rings. The molecule has 1 N–H and O–H groups in total. The minimum atomic E-state index is -0.907. The van der Waals surface area contributed by atoms with Gasteiger partial charge in [-0.1, -0.05) is 30.3 Å². The molecule has 0 radical (unpaired) electrons. The Kier molecular flexibility index (Phi) is 3.76.